The third-order valence-electron chi connectivity index (χ3n) is 2.61. The number of rotatable bonds is 4. The Morgan fingerprint density at radius 1 is 1.44 bits per heavy atom. The number of nitrogens with two attached hydrogens (primary N) is 1. The quantitative estimate of drug-likeness (QED) is 0.623. The first-order valence-electron chi connectivity index (χ1n) is 5.41. The van der Waals surface area contributed by atoms with Crippen molar-refractivity contribution in [3.63, 3.8) is 0 Å². The lowest BCUT2D eigenvalue weighted by Gasteiger charge is -2.07. The summed E-state index contributed by atoms with van der Waals surface area (Å²) in [6.45, 7) is 0. The second-order valence-electron chi connectivity index (χ2n) is 4.01. The molecule has 0 saturated heterocycles. The highest BCUT2D eigenvalue weighted by Crippen LogP contribution is 2.17. The third kappa shape index (κ3) is 2.67. The number of aromatic amines is 2. The lowest BCUT2D eigenvalue weighted by molar-refractivity contribution is -0.138. The zero-order valence-corrected chi connectivity index (χ0v) is 9.51. The van der Waals surface area contributed by atoms with E-state index in [0.717, 1.165) is 11.1 Å². The number of imidazole rings is 1. The Bertz CT molecular complexity index is 615. The molecule has 1 heterocycles. The lowest BCUT2D eigenvalue weighted by atomic mass is 10.0. The third-order valence-corrected chi connectivity index (χ3v) is 2.61. The summed E-state index contributed by atoms with van der Waals surface area (Å²) in [5.74, 6) is -1.03. The Morgan fingerprint density at radius 3 is 2.83 bits per heavy atom. The molecule has 2 rings (SSSR count). The summed E-state index contributed by atoms with van der Waals surface area (Å²) >= 11 is 0. The van der Waals surface area contributed by atoms with Gasteiger partial charge in [0.25, 0.3) is 0 Å². The van der Waals surface area contributed by atoms with Crippen LogP contribution in [0.2, 0.25) is 0 Å². The predicted molar refractivity (Wildman–Crippen MR) is 66.2 cm³/mol. The number of hydrogen-bond acceptors (Lipinski definition) is 3. The molecule has 2 aromatic rings. The van der Waals surface area contributed by atoms with Gasteiger partial charge in [-0.25, -0.2) is 4.79 Å². The molecule has 1 atom stereocenters. The fourth-order valence-electron chi connectivity index (χ4n) is 1.69. The van der Waals surface area contributed by atoms with E-state index in [-0.39, 0.29) is 12.1 Å². The van der Waals surface area contributed by atoms with Crippen LogP contribution in [0.25, 0.3) is 11.3 Å². The van der Waals surface area contributed by atoms with E-state index in [0.29, 0.717) is 5.69 Å². The van der Waals surface area contributed by atoms with E-state index >= 15 is 0 Å². The molecule has 0 fully saturated rings. The summed E-state index contributed by atoms with van der Waals surface area (Å²) in [6, 6.07) is 6.31. The van der Waals surface area contributed by atoms with Gasteiger partial charge in [-0.05, 0) is 23.6 Å². The summed E-state index contributed by atoms with van der Waals surface area (Å²) in [7, 11) is 0. The second kappa shape index (κ2) is 4.89. The van der Waals surface area contributed by atoms with E-state index in [4.69, 9.17) is 10.8 Å². The van der Waals surface area contributed by atoms with Crippen molar-refractivity contribution in [1.29, 1.82) is 0 Å². The van der Waals surface area contributed by atoms with Crippen molar-refractivity contribution in [2.45, 2.75) is 12.5 Å². The number of aromatic nitrogens is 2. The molecule has 1 aromatic heterocycles. The predicted octanol–water partition coefficient (Wildman–Crippen LogP) is 0.324. The highest BCUT2D eigenvalue weighted by molar-refractivity contribution is 5.73. The standard InChI is InChI=1S/C12H13N3O3/c13-9(11(16)17)5-7-2-1-3-8(4-7)10-6-14-12(18)15-10/h1-4,6,9H,5,13H2,(H,16,17)(H2,14,15,18). The largest absolute Gasteiger partial charge is 0.480 e. The Morgan fingerprint density at radius 2 is 2.22 bits per heavy atom. The van der Waals surface area contributed by atoms with E-state index in [1.54, 1.807) is 18.3 Å². The molecule has 94 valence electrons. The minimum Gasteiger partial charge on any atom is -0.480 e. The number of hydrogen-bond donors (Lipinski definition) is 4. The molecule has 0 amide bonds. The molecule has 0 saturated carbocycles. The zero-order valence-electron chi connectivity index (χ0n) is 9.51. The molecule has 0 bridgehead atoms. The molecule has 0 radical (unpaired) electrons. The van der Waals surface area contributed by atoms with Crippen molar-refractivity contribution in [3.8, 4) is 11.3 Å². The highest BCUT2D eigenvalue weighted by atomic mass is 16.4. The van der Waals surface area contributed by atoms with Gasteiger partial charge in [0.05, 0.1) is 5.69 Å². The van der Waals surface area contributed by atoms with Gasteiger partial charge in [-0.15, -0.1) is 0 Å². The van der Waals surface area contributed by atoms with Crippen LogP contribution in [0.1, 0.15) is 5.56 Å². The number of carboxylic acid groups (broad SMARTS) is 1. The van der Waals surface area contributed by atoms with Gasteiger partial charge in [0.1, 0.15) is 6.04 Å². The molecule has 0 spiro atoms. The molecule has 5 N–H and O–H groups in total. The molecular weight excluding hydrogens is 234 g/mol. The summed E-state index contributed by atoms with van der Waals surface area (Å²) in [4.78, 5) is 26.8. The molecule has 1 aromatic carbocycles. The SMILES string of the molecule is NC(Cc1cccc(-c2c[nH]c(=O)[nH]2)c1)C(=O)O. The summed E-state index contributed by atoms with van der Waals surface area (Å²) < 4.78 is 0. The van der Waals surface area contributed by atoms with E-state index in [2.05, 4.69) is 9.97 Å². The molecular formula is C12H13N3O3. The van der Waals surface area contributed by atoms with Gasteiger partial charge in [0.2, 0.25) is 0 Å². The molecule has 6 nitrogen and oxygen atoms in total. The number of benzene rings is 1. The molecule has 0 aliphatic rings. The summed E-state index contributed by atoms with van der Waals surface area (Å²) in [5.41, 5.74) is 7.47. The van der Waals surface area contributed by atoms with E-state index in [1.165, 1.54) is 0 Å². The van der Waals surface area contributed by atoms with Gasteiger partial charge in [-0.3, -0.25) is 4.79 Å². The maximum Gasteiger partial charge on any atom is 0.323 e. The maximum absolute atomic E-state index is 11.0. The Labute approximate surface area is 102 Å². The van der Waals surface area contributed by atoms with E-state index in [1.807, 2.05) is 12.1 Å². The van der Waals surface area contributed by atoms with Gasteiger partial charge >= 0.3 is 11.7 Å². The average Bonchev–Trinajstić information content (AvgIpc) is 2.76. The normalized spacial score (nSPS) is 12.3. The minimum atomic E-state index is -1.03. The Kier molecular flexibility index (Phi) is 3.29. The van der Waals surface area contributed by atoms with Crippen molar-refractivity contribution < 1.29 is 9.90 Å². The summed E-state index contributed by atoms with van der Waals surface area (Å²) in [5, 5.41) is 8.76. The van der Waals surface area contributed by atoms with E-state index < -0.39 is 12.0 Å². The van der Waals surface area contributed by atoms with Gasteiger partial charge in [0, 0.05) is 6.20 Å². The van der Waals surface area contributed by atoms with Crippen molar-refractivity contribution in [2.75, 3.05) is 0 Å². The van der Waals surface area contributed by atoms with Gasteiger partial charge in [-0.1, -0.05) is 18.2 Å². The van der Waals surface area contributed by atoms with Crippen molar-refractivity contribution >= 4 is 5.97 Å². The van der Waals surface area contributed by atoms with Crippen LogP contribution >= 0.6 is 0 Å². The zero-order chi connectivity index (χ0) is 13.1. The summed E-state index contributed by atoms with van der Waals surface area (Å²) in [6.07, 6.45) is 1.82. The number of aliphatic carboxylic acids is 1. The van der Waals surface area contributed by atoms with Crippen molar-refractivity contribution in [3.05, 3.63) is 46.5 Å². The van der Waals surface area contributed by atoms with Gasteiger partial charge in [-0.2, -0.15) is 0 Å². The molecule has 0 aliphatic heterocycles. The first-order chi connectivity index (χ1) is 8.56. The van der Waals surface area contributed by atoms with Crippen LogP contribution in [0.5, 0.6) is 0 Å². The number of carboxylic acids is 1. The van der Waals surface area contributed by atoms with Crippen LogP contribution in [0.3, 0.4) is 0 Å². The minimum absolute atomic E-state index is 0.248. The number of carbonyl (C=O) groups is 1. The topological polar surface area (TPSA) is 112 Å². The fourth-order valence-corrected chi connectivity index (χ4v) is 1.69. The van der Waals surface area contributed by atoms with Crippen molar-refractivity contribution in [1.82, 2.24) is 9.97 Å². The number of nitrogens with one attached hydrogen (secondary N) is 2. The van der Waals surface area contributed by atoms with Crippen LogP contribution < -0.4 is 11.4 Å². The first kappa shape index (κ1) is 12.1. The first-order valence-corrected chi connectivity index (χ1v) is 5.41. The van der Waals surface area contributed by atoms with E-state index in [9.17, 15) is 9.59 Å². The second-order valence-corrected chi connectivity index (χ2v) is 4.01. The van der Waals surface area contributed by atoms with Crippen LogP contribution in [-0.2, 0) is 11.2 Å². The van der Waals surface area contributed by atoms with Crippen LogP contribution in [0.4, 0.5) is 0 Å². The lowest BCUT2D eigenvalue weighted by Crippen LogP contribution is -2.32. The monoisotopic (exact) mass is 247 g/mol. The maximum atomic E-state index is 11.0. The van der Waals surface area contributed by atoms with Crippen LogP contribution in [0.15, 0.2) is 35.3 Å². The van der Waals surface area contributed by atoms with Crippen molar-refractivity contribution in [2.24, 2.45) is 5.73 Å². The smallest absolute Gasteiger partial charge is 0.323 e. The van der Waals surface area contributed by atoms with Gasteiger partial charge < -0.3 is 20.8 Å². The average molecular weight is 247 g/mol. The number of H-pyrrole nitrogens is 2. The fraction of sp³-hybridized carbons (Fsp3) is 0.167. The molecule has 18 heavy (non-hydrogen) atoms. The Hall–Kier alpha value is -2.34. The van der Waals surface area contributed by atoms with Crippen LogP contribution in [-0.4, -0.2) is 27.1 Å². The molecule has 6 heteroatoms. The van der Waals surface area contributed by atoms with Gasteiger partial charge in [0.15, 0.2) is 0 Å². The Balaban J connectivity index is 2.25. The highest BCUT2D eigenvalue weighted by Gasteiger charge is 2.12. The molecule has 0 aliphatic carbocycles. The van der Waals surface area contributed by atoms with Crippen LogP contribution in [0, 0.1) is 0 Å². The molecule has 1 unspecified atom stereocenters.